The molecule has 21 heavy (non-hydrogen) atoms. The summed E-state index contributed by atoms with van der Waals surface area (Å²) < 4.78 is 0. The van der Waals surface area contributed by atoms with E-state index >= 15 is 0 Å². The summed E-state index contributed by atoms with van der Waals surface area (Å²) in [6.45, 7) is 7.22. The Balaban J connectivity index is 2.35. The number of carbonyl (C=O) groups is 2. The van der Waals surface area contributed by atoms with E-state index in [0.29, 0.717) is 0 Å². The number of rotatable bonds is 6. The summed E-state index contributed by atoms with van der Waals surface area (Å²) >= 11 is 1.58. The first-order chi connectivity index (χ1) is 10.1. The number of hydrogen-bond acceptors (Lipinski definition) is 3. The summed E-state index contributed by atoms with van der Waals surface area (Å²) in [6.07, 6.45) is 5.00. The minimum absolute atomic E-state index is 0.0850. The zero-order valence-corrected chi connectivity index (χ0v) is 13.9. The molecule has 0 spiro atoms. The molecule has 4 nitrogen and oxygen atoms in total. The Morgan fingerprint density at radius 2 is 1.86 bits per heavy atom. The number of thiophene rings is 1. The number of carbonyl (C=O) groups excluding carboxylic acids is 2. The van der Waals surface area contributed by atoms with Gasteiger partial charge in [0, 0.05) is 24.9 Å². The molecule has 1 aromatic rings. The third kappa shape index (κ3) is 3.46. The van der Waals surface area contributed by atoms with Crippen molar-refractivity contribution in [2.45, 2.75) is 52.9 Å². The third-order valence-electron chi connectivity index (χ3n) is 3.70. The van der Waals surface area contributed by atoms with Gasteiger partial charge in [0.15, 0.2) is 0 Å². The Hall–Kier alpha value is -1.36. The molecule has 1 heterocycles. The molecule has 0 saturated heterocycles. The van der Waals surface area contributed by atoms with Crippen LogP contribution in [0.1, 0.15) is 60.8 Å². The van der Waals surface area contributed by atoms with Gasteiger partial charge in [-0.15, -0.1) is 11.3 Å². The maximum Gasteiger partial charge on any atom is 0.257 e. The quantitative estimate of drug-likeness (QED) is 0.875. The largest absolute Gasteiger partial charge is 0.339 e. The molecule has 5 heteroatoms. The molecule has 0 saturated carbocycles. The molecule has 0 bridgehead atoms. The molecule has 1 N–H and O–H groups in total. The van der Waals surface area contributed by atoms with Gasteiger partial charge in [-0.1, -0.05) is 13.8 Å². The molecular weight excluding hydrogens is 284 g/mol. The van der Waals surface area contributed by atoms with Gasteiger partial charge in [0.2, 0.25) is 5.91 Å². The van der Waals surface area contributed by atoms with E-state index < -0.39 is 0 Å². The van der Waals surface area contributed by atoms with E-state index in [-0.39, 0.29) is 11.8 Å². The fraction of sp³-hybridized carbons (Fsp3) is 0.625. The fourth-order valence-electron chi connectivity index (χ4n) is 2.89. The van der Waals surface area contributed by atoms with Gasteiger partial charge < -0.3 is 10.2 Å². The molecule has 2 amide bonds. The van der Waals surface area contributed by atoms with E-state index in [1.54, 1.807) is 11.3 Å². The Labute approximate surface area is 130 Å². The number of amides is 2. The molecule has 2 rings (SSSR count). The third-order valence-corrected chi connectivity index (χ3v) is 4.91. The highest BCUT2D eigenvalue weighted by molar-refractivity contribution is 7.17. The number of nitrogens with one attached hydrogen (secondary N) is 1. The summed E-state index contributed by atoms with van der Waals surface area (Å²) in [5.74, 6) is -0.0247. The monoisotopic (exact) mass is 308 g/mol. The van der Waals surface area contributed by atoms with Gasteiger partial charge >= 0.3 is 0 Å². The van der Waals surface area contributed by atoms with Crippen molar-refractivity contribution in [2.75, 3.05) is 18.4 Å². The fourth-order valence-corrected chi connectivity index (χ4v) is 4.22. The molecular formula is C16H24N2O2S. The molecule has 116 valence electrons. The van der Waals surface area contributed by atoms with Crippen molar-refractivity contribution in [3.05, 3.63) is 16.0 Å². The summed E-state index contributed by atoms with van der Waals surface area (Å²) in [5.41, 5.74) is 1.93. The van der Waals surface area contributed by atoms with Crippen LogP contribution in [0.25, 0.3) is 0 Å². The van der Waals surface area contributed by atoms with Crippen LogP contribution in [-0.2, 0) is 17.6 Å². The first kappa shape index (κ1) is 16.0. The molecule has 0 unspecified atom stereocenters. The van der Waals surface area contributed by atoms with Crippen LogP contribution >= 0.6 is 11.3 Å². The predicted octanol–water partition coefficient (Wildman–Crippen LogP) is 3.46. The van der Waals surface area contributed by atoms with Crippen molar-refractivity contribution in [1.29, 1.82) is 0 Å². The molecule has 1 aliphatic carbocycles. The zero-order valence-electron chi connectivity index (χ0n) is 13.1. The highest BCUT2D eigenvalue weighted by Crippen LogP contribution is 2.39. The van der Waals surface area contributed by atoms with Crippen LogP contribution in [0.3, 0.4) is 0 Å². The van der Waals surface area contributed by atoms with E-state index in [2.05, 4.69) is 19.2 Å². The standard InChI is InChI=1S/C16H24N2O2S/c1-4-9-18(10-5-2)16(20)14-12-7-6-8-13(12)21-15(14)17-11(3)19/h4-10H2,1-3H3,(H,17,19). The lowest BCUT2D eigenvalue weighted by atomic mass is 10.1. The first-order valence-electron chi connectivity index (χ1n) is 7.79. The van der Waals surface area contributed by atoms with E-state index in [1.807, 2.05) is 4.90 Å². The second-order valence-electron chi connectivity index (χ2n) is 5.53. The second kappa shape index (κ2) is 7.07. The van der Waals surface area contributed by atoms with E-state index in [0.717, 1.165) is 55.8 Å². The van der Waals surface area contributed by atoms with E-state index in [4.69, 9.17) is 0 Å². The predicted molar refractivity (Wildman–Crippen MR) is 87.1 cm³/mol. The van der Waals surface area contributed by atoms with Crippen LogP contribution < -0.4 is 5.32 Å². The first-order valence-corrected chi connectivity index (χ1v) is 8.61. The van der Waals surface area contributed by atoms with Crippen LogP contribution in [0.4, 0.5) is 5.00 Å². The van der Waals surface area contributed by atoms with Gasteiger partial charge in [-0.25, -0.2) is 0 Å². The number of anilines is 1. The Kier molecular flexibility index (Phi) is 5.39. The van der Waals surface area contributed by atoms with Crippen LogP contribution in [0, 0.1) is 0 Å². The number of hydrogen-bond donors (Lipinski definition) is 1. The van der Waals surface area contributed by atoms with Crippen molar-refractivity contribution in [2.24, 2.45) is 0 Å². The minimum Gasteiger partial charge on any atom is -0.339 e. The normalized spacial score (nSPS) is 13.1. The molecule has 1 aromatic heterocycles. The highest BCUT2D eigenvalue weighted by Gasteiger charge is 2.29. The van der Waals surface area contributed by atoms with Gasteiger partial charge in [0.05, 0.1) is 5.56 Å². The van der Waals surface area contributed by atoms with E-state index in [1.165, 1.54) is 17.4 Å². The molecule has 1 aliphatic rings. The molecule has 0 atom stereocenters. The van der Waals surface area contributed by atoms with Crippen molar-refractivity contribution >= 4 is 28.2 Å². The Bertz CT molecular complexity index is 531. The molecule has 0 radical (unpaired) electrons. The maximum absolute atomic E-state index is 12.9. The molecule has 0 fully saturated rings. The second-order valence-corrected chi connectivity index (χ2v) is 6.64. The SMILES string of the molecule is CCCN(CCC)C(=O)c1c(NC(C)=O)sc2c1CCC2. The van der Waals surface area contributed by atoms with Crippen molar-refractivity contribution in [1.82, 2.24) is 4.90 Å². The van der Waals surface area contributed by atoms with Gasteiger partial charge in [0.1, 0.15) is 5.00 Å². The molecule has 0 aromatic carbocycles. The van der Waals surface area contributed by atoms with Crippen molar-refractivity contribution < 1.29 is 9.59 Å². The summed E-state index contributed by atoms with van der Waals surface area (Å²) in [6, 6.07) is 0. The van der Waals surface area contributed by atoms with E-state index in [9.17, 15) is 9.59 Å². The highest BCUT2D eigenvalue weighted by atomic mass is 32.1. The smallest absolute Gasteiger partial charge is 0.257 e. The van der Waals surface area contributed by atoms with Crippen LogP contribution in [0.15, 0.2) is 0 Å². The van der Waals surface area contributed by atoms with Gasteiger partial charge in [0.25, 0.3) is 5.91 Å². The summed E-state index contributed by atoms with van der Waals surface area (Å²) in [5, 5.41) is 3.60. The Morgan fingerprint density at radius 1 is 1.19 bits per heavy atom. The minimum atomic E-state index is -0.110. The number of aryl methyl sites for hydroxylation is 1. The molecule has 0 aliphatic heterocycles. The Morgan fingerprint density at radius 3 is 2.43 bits per heavy atom. The number of fused-ring (bicyclic) bond motifs is 1. The average molecular weight is 308 g/mol. The summed E-state index contributed by atoms with van der Waals surface area (Å²) in [7, 11) is 0. The van der Waals surface area contributed by atoms with Crippen molar-refractivity contribution in [3.63, 3.8) is 0 Å². The number of nitrogens with zero attached hydrogens (tertiary/aromatic N) is 1. The zero-order chi connectivity index (χ0) is 15.4. The van der Waals surface area contributed by atoms with Crippen LogP contribution in [0.5, 0.6) is 0 Å². The summed E-state index contributed by atoms with van der Waals surface area (Å²) in [4.78, 5) is 27.5. The lowest BCUT2D eigenvalue weighted by Crippen LogP contribution is -2.33. The lowest BCUT2D eigenvalue weighted by Gasteiger charge is -2.22. The van der Waals surface area contributed by atoms with Crippen LogP contribution in [0.2, 0.25) is 0 Å². The van der Waals surface area contributed by atoms with Crippen molar-refractivity contribution in [3.8, 4) is 0 Å². The van der Waals surface area contributed by atoms with Gasteiger partial charge in [-0.05, 0) is 37.7 Å². The van der Waals surface area contributed by atoms with Gasteiger partial charge in [-0.2, -0.15) is 0 Å². The topological polar surface area (TPSA) is 49.4 Å². The average Bonchev–Trinajstić information content (AvgIpc) is 2.97. The maximum atomic E-state index is 12.9. The van der Waals surface area contributed by atoms with Gasteiger partial charge in [-0.3, -0.25) is 9.59 Å². The lowest BCUT2D eigenvalue weighted by molar-refractivity contribution is -0.114. The van der Waals surface area contributed by atoms with Crippen LogP contribution in [-0.4, -0.2) is 29.8 Å².